The van der Waals surface area contributed by atoms with Crippen molar-refractivity contribution in [3.63, 3.8) is 0 Å². The third-order valence-corrected chi connectivity index (χ3v) is 3.29. The van der Waals surface area contributed by atoms with Crippen molar-refractivity contribution in [2.45, 2.75) is 19.4 Å². The second kappa shape index (κ2) is 4.55. The molecule has 1 unspecified atom stereocenters. The zero-order chi connectivity index (χ0) is 10.7. The van der Waals surface area contributed by atoms with Crippen LogP contribution in [0.3, 0.4) is 0 Å². The summed E-state index contributed by atoms with van der Waals surface area (Å²) in [5.74, 6) is 0. The highest BCUT2D eigenvalue weighted by atomic mass is 32.1. The predicted octanol–water partition coefficient (Wildman–Crippen LogP) is 2.69. The van der Waals surface area contributed by atoms with E-state index in [1.165, 1.54) is 16.0 Å². The van der Waals surface area contributed by atoms with Gasteiger partial charge in [0.15, 0.2) is 0 Å². The lowest BCUT2D eigenvalue weighted by atomic mass is 9.99. The van der Waals surface area contributed by atoms with E-state index in [0.29, 0.717) is 0 Å². The van der Waals surface area contributed by atoms with Gasteiger partial charge < -0.3 is 5.73 Å². The van der Waals surface area contributed by atoms with Crippen molar-refractivity contribution in [1.82, 2.24) is 4.98 Å². The highest BCUT2D eigenvalue weighted by molar-refractivity contribution is 7.09. The van der Waals surface area contributed by atoms with E-state index in [0.717, 1.165) is 6.42 Å². The van der Waals surface area contributed by atoms with Crippen molar-refractivity contribution in [2.75, 3.05) is 0 Å². The monoisotopic (exact) mass is 218 g/mol. The van der Waals surface area contributed by atoms with Crippen LogP contribution in [0.5, 0.6) is 0 Å². The van der Waals surface area contributed by atoms with Gasteiger partial charge >= 0.3 is 0 Å². The number of aryl methyl sites for hydroxylation is 1. The smallest absolute Gasteiger partial charge is 0.0794 e. The van der Waals surface area contributed by atoms with Crippen LogP contribution in [-0.2, 0) is 6.42 Å². The summed E-state index contributed by atoms with van der Waals surface area (Å²) < 4.78 is 0. The van der Waals surface area contributed by atoms with Crippen LogP contribution < -0.4 is 5.73 Å². The lowest BCUT2D eigenvalue weighted by Gasteiger charge is -2.13. The molecule has 2 rings (SSSR count). The molecule has 0 saturated heterocycles. The Morgan fingerprint density at radius 3 is 2.87 bits per heavy atom. The molecule has 0 radical (unpaired) electrons. The molecule has 0 saturated carbocycles. The fraction of sp³-hybridized carbons (Fsp3) is 0.250. The number of hydrogen-bond donors (Lipinski definition) is 1. The third kappa shape index (κ3) is 2.43. The molecule has 1 aromatic heterocycles. The molecule has 0 aliphatic rings. The molecule has 0 fully saturated rings. The van der Waals surface area contributed by atoms with Crippen molar-refractivity contribution in [1.29, 1.82) is 0 Å². The maximum absolute atomic E-state index is 6.17. The molecule has 1 atom stereocenters. The van der Waals surface area contributed by atoms with Crippen LogP contribution in [0.25, 0.3) is 0 Å². The summed E-state index contributed by atoms with van der Waals surface area (Å²) in [6.45, 7) is 2.10. The molecule has 0 aliphatic heterocycles. The average molecular weight is 218 g/mol. The molecule has 15 heavy (non-hydrogen) atoms. The average Bonchev–Trinajstić information content (AvgIpc) is 2.71. The SMILES string of the molecule is Cc1ccccc1C(N)Cc1cncs1. The van der Waals surface area contributed by atoms with Gasteiger partial charge in [0.1, 0.15) is 0 Å². The molecule has 2 nitrogen and oxygen atoms in total. The Hall–Kier alpha value is -1.19. The molecular weight excluding hydrogens is 204 g/mol. The third-order valence-electron chi connectivity index (χ3n) is 2.49. The maximum Gasteiger partial charge on any atom is 0.0794 e. The fourth-order valence-corrected chi connectivity index (χ4v) is 2.33. The summed E-state index contributed by atoms with van der Waals surface area (Å²) in [5, 5.41) is 0. The van der Waals surface area contributed by atoms with Crippen molar-refractivity contribution in [3.8, 4) is 0 Å². The molecule has 2 N–H and O–H groups in total. The molecule has 1 aromatic carbocycles. The van der Waals surface area contributed by atoms with E-state index in [1.54, 1.807) is 11.3 Å². The number of benzene rings is 1. The normalized spacial score (nSPS) is 12.7. The number of thiazole rings is 1. The number of aromatic nitrogens is 1. The van der Waals surface area contributed by atoms with Crippen molar-refractivity contribution >= 4 is 11.3 Å². The topological polar surface area (TPSA) is 38.9 Å². The number of rotatable bonds is 3. The Balaban J connectivity index is 2.15. The fourth-order valence-electron chi connectivity index (χ4n) is 1.67. The van der Waals surface area contributed by atoms with Gasteiger partial charge in [-0.3, -0.25) is 4.98 Å². The molecule has 3 heteroatoms. The van der Waals surface area contributed by atoms with Crippen molar-refractivity contribution in [3.05, 3.63) is 52.0 Å². The Bertz CT molecular complexity index is 423. The summed E-state index contributed by atoms with van der Waals surface area (Å²) >= 11 is 1.66. The van der Waals surface area contributed by atoms with E-state index >= 15 is 0 Å². The minimum absolute atomic E-state index is 0.0756. The number of hydrogen-bond acceptors (Lipinski definition) is 3. The van der Waals surface area contributed by atoms with Gasteiger partial charge in [0.25, 0.3) is 0 Å². The lowest BCUT2D eigenvalue weighted by Crippen LogP contribution is -2.13. The van der Waals surface area contributed by atoms with Gasteiger partial charge in [0.05, 0.1) is 5.51 Å². The number of nitrogens with two attached hydrogens (primary N) is 1. The Kier molecular flexibility index (Phi) is 3.14. The van der Waals surface area contributed by atoms with Gasteiger partial charge in [-0.05, 0) is 18.1 Å². The molecule has 2 aromatic rings. The summed E-state index contributed by atoms with van der Waals surface area (Å²) in [7, 11) is 0. The Labute approximate surface area is 93.8 Å². The quantitative estimate of drug-likeness (QED) is 0.860. The van der Waals surface area contributed by atoms with Crippen molar-refractivity contribution < 1.29 is 0 Å². The van der Waals surface area contributed by atoms with Gasteiger partial charge in [-0.2, -0.15) is 0 Å². The Morgan fingerprint density at radius 2 is 2.20 bits per heavy atom. The van der Waals surface area contributed by atoms with E-state index in [4.69, 9.17) is 5.73 Å². The van der Waals surface area contributed by atoms with E-state index in [1.807, 2.05) is 23.8 Å². The Morgan fingerprint density at radius 1 is 1.40 bits per heavy atom. The molecule has 0 amide bonds. The highest BCUT2D eigenvalue weighted by Crippen LogP contribution is 2.20. The van der Waals surface area contributed by atoms with Crippen LogP contribution in [-0.4, -0.2) is 4.98 Å². The highest BCUT2D eigenvalue weighted by Gasteiger charge is 2.09. The first-order valence-electron chi connectivity index (χ1n) is 4.96. The van der Waals surface area contributed by atoms with Crippen LogP contribution in [0.2, 0.25) is 0 Å². The zero-order valence-corrected chi connectivity index (χ0v) is 9.50. The van der Waals surface area contributed by atoms with Gasteiger partial charge in [0.2, 0.25) is 0 Å². The lowest BCUT2D eigenvalue weighted by molar-refractivity contribution is 0.723. The van der Waals surface area contributed by atoms with E-state index in [2.05, 4.69) is 24.0 Å². The molecule has 0 bridgehead atoms. The van der Waals surface area contributed by atoms with E-state index in [-0.39, 0.29) is 6.04 Å². The number of nitrogens with zero attached hydrogens (tertiary/aromatic N) is 1. The zero-order valence-electron chi connectivity index (χ0n) is 8.68. The molecule has 0 aliphatic carbocycles. The second-order valence-corrected chi connectivity index (χ2v) is 4.61. The predicted molar refractivity (Wildman–Crippen MR) is 63.9 cm³/mol. The van der Waals surface area contributed by atoms with E-state index < -0.39 is 0 Å². The minimum Gasteiger partial charge on any atom is -0.324 e. The first-order chi connectivity index (χ1) is 7.27. The maximum atomic E-state index is 6.17. The van der Waals surface area contributed by atoms with Crippen LogP contribution in [0.15, 0.2) is 36.0 Å². The summed E-state index contributed by atoms with van der Waals surface area (Å²) in [6, 6.07) is 8.35. The second-order valence-electron chi connectivity index (χ2n) is 3.63. The minimum atomic E-state index is 0.0756. The summed E-state index contributed by atoms with van der Waals surface area (Å²) in [4.78, 5) is 5.30. The van der Waals surface area contributed by atoms with Gasteiger partial charge in [0, 0.05) is 23.5 Å². The van der Waals surface area contributed by atoms with Crippen LogP contribution >= 0.6 is 11.3 Å². The first kappa shape index (κ1) is 10.3. The summed E-state index contributed by atoms with van der Waals surface area (Å²) in [6.07, 6.45) is 2.76. The van der Waals surface area contributed by atoms with Crippen molar-refractivity contribution in [2.24, 2.45) is 5.73 Å². The first-order valence-corrected chi connectivity index (χ1v) is 5.84. The van der Waals surface area contributed by atoms with Gasteiger partial charge in [-0.15, -0.1) is 11.3 Å². The molecule has 0 spiro atoms. The summed E-state index contributed by atoms with van der Waals surface area (Å²) in [5.41, 5.74) is 10.5. The molecular formula is C12H14N2S. The van der Waals surface area contributed by atoms with Crippen LogP contribution in [0.4, 0.5) is 0 Å². The van der Waals surface area contributed by atoms with Crippen LogP contribution in [0.1, 0.15) is 22.0 Å². The molecule has 1 heterocycles. The molecule has 78 valence electrons. The van der Waals surface area contributed by atoms with Gasteiger partial charge in [-0.1, -0.05) is 24.3 Å². The largest absolute Gasteiger partial charge is 0.324 e. The van der Waals surface area contributed by atoms with E-state index in [9.17, 15) is 0 Å². The van der Waals surface area contributed by atoms with Gasteiger partial charge in [-0.25, -0.2) is 0 Å². The van der Waals surface area contributed by atoms with Crippen LogP contribution in [0, 0.1) is 6.92 Å². The standard InChI is InChI=1S/C12H14N2S/c1-9-4-2-3-5-11(9)12(13)6-10-7-14-8-15-10/h2-5,7-8,12H,6,13H2,1H3.